The van der Waals surface area contributed by atoms with Crippen molar-refractivity contribution in [3.63, 3.8) is 0 Å². The van der Waals surface area contributed by atoms with E-state index in [4.69, 9.17) is 4.42 Å². The van der Waals surface area contributed by atoms with E-state index in [0.717, 1.165) is 42.5 Å². The van der Waals surface area contributed by atoms with Crippen LogP contribution in [0.1, 0.15) is 73.7 Å². The van der Waals surface area contributed by atoms with Gasteiger partial charge in [0.05, 0.1) is 12.1 Å². The number of hydrogen-bond donors (Lipinski definition) is 1. The Labute approximate surface area is 194 Å². The average molecular weight is 448 g/mol. The first-order valence-corrected chi connectivity index (χ1v) is 12.1. The molecule has 1 aromatic carbocycles. The quantitative estimate of drug-likeness (QED) is 0.598. The van der Waals surface area contributed by atoms with Gasteiger partial charge in [-0.05, 0) is 38.2 Å². The Balaban J connectivity index is 1.51. The van der Waals surface area contributed by atoms with E-state index in [9.17, 15) is 9.59 Å². The highest BCUT2D eigenvalue weighted by Crippen LogP contribution is 2.35. The van der Waals surface area contributed by atoms with Crippen molar-refractivity contribution in [2.45, 2.75) is 76.9 Å². The molecule has 0 unspecified atom stereocenters. The van der Waals surface area contributed by atoms with Gasteiger partial charge in [-0.2, -0.15) is 0 Å². The molecule has 6 nitrogen and oxygen atoms in total. The predicted molar refractivity (Wildman–Crippen MR) is 128 cm³/mol. The van der Waals surface area contributed by atoms with Crippen molar-refractivity contribution in [3.05, 3.63) is 59.5 Å². The van der Waals surface area contributed by atoms with Crippen molar-refractivity contribution in [1.82, 2.24) is 14.8 Å². The first kappa shape index (κ1) is 21.8. The summed E-state index contributed by atoms with van der Waals surface area (Å²) in [6.45, 7) is 6.83. The SMILES string of the molecule is Cc1cc2c(cc3n2C[C@](C)(C(=O)NC2CCCCC2)N(C[C@H](C)c2ccccc2)C3=O)o1. The van der Waals surface area contributed by atoms with Crippen LogP contribution in [0.15, 0.2) is 46.9 Å². The van der Waals surface area contributed by atoms with Crippen molar-refractivity contribution in [1.29, 1.82) is 0 Å². The highest BCUT2D eigenvalue weighted by molar-refractivity contribution is 6.03. The van der Waals surface area contributed by atoms with Gasteiger partial charge in [-0.3, -0.25) is 9.59 Å². The number of nitrogens with zero attached hydrogens (tertiary/aromatic N) is 2. The Morgan fingerprint density at radius 2 is 1.91 bits per heavy atom. The fourth-order valence-electron chi connectivity index (χ4n) is 5.50. The molecule has 5 rings (SSSR count). The second kappa shape index (κ2) is 8.40. The Morgan fingerprint density at radius 1 is 1.18 bits per heavy atom. The molecule has 1 aliphatic heterocycles. The van der Waals surface area contributed by atoms with Crippen LogP contribution in [0.2, 0.25) is 0 Å². The van der Waals surface area contributed by atoms with Gasteiger partial charge in [0.2, 0.25) is 5.91 Å². The molecular weight excluding hydrogens is 414 g/mol. The van der Waals surface area contributed by atoms with E-state index in [-0.39, 0.29) is 23.8 Å². The fraction of sp³-hybridized carbons (Fsp3) is 0.481. The Bertz CT molecular complexity index is 1170. The maximum Gasteiger partial charge on any atom is 0.271 e. The molecule has 2 atom stereocenters. The predicted octanol–water partition coefficient (Wildman–Crippen LogP) is 5.01. The van der Waals surface area contributed by atoms with Crippen LogP contribution in [0, 0.1) is 6.92 Å². The number of furan rings is 1. The van der Waals surface area contributed by atoms with Crippen molar-refractivity contribution in [2.75, 3.05) is 6.54 Å². The summed E-state index contributed by atoms with van der Waals surface area (Å²) >= 11 is 0. The number of hydrogen-bond acceptors (Lipinski definition) is 3. The van der Waals surface area contributed by atoms with Crippen LogP contribution in [0.3, 0.4) is 0 Å². The molecule has 33 heavy (non-hydrogen) atoms. The lowest BCUT2D eigenvalue weighted by Crippen LogP contribution is -2.65. The van der Waals surface area contributed by atoms with Gasteiger partial charge >= 0.3 is 0 Å². The number of amides is 2. The molecule has 2 aliphatic rings. The highest BCUT2D eigenvalue weighted by Gasteiger charge is 2.48. The van der Waals surface area contributed by atoms with Gasteiger partial charge in [0.15, 0.2) is 5.58 Å². The molecule has 1 fully saturated rings. The average Bonchev–Trinajstić information content (AvgIpc) is 3.34. The molecule has 1 aliphatic carbocycles. The summed E-state index contributed by atoms with van der Waals surface area (Å²) in [5.74, 6) is 0.727. The molecule has 0 spiro atoms. The third kappa shape index (κ3) is 3.85. The van der Waals surface area contributed by atoms with Crippen molar-refractivity contribution in [2.24, 2.45) is 0 Å². The zero-order valence-corrected chi connectivity index (χ0v) is 19.8. The summed E-state index contributed by atoms with van der Waals surface area (Å²) in [4.78, 5) is 29.4. The Kier molecular flexibility index (Phi) is 5.55. The second-order valence-corrected chi connectivity index (χ2v) is 10.0. The molecule has 1 N–H and O–H groups in total. The van der Waals surface area contributed by atoms with E-state index in [1.807, 2.05) is 48.7 Å². The molecule has 6 heteroatoms. The third-order valence-electron chi connectivity index (χ3n) is 7.49. The van der Waals surface area contributed by atoms with Gasteiger partial charge < -0.3 is 19.2 Å². The summed E-state index contributed by atoms with van der Waals surface area (Å²) in [5, 5.41) is 3.30. The normalized spacial score (nSPS) is 22.4. The number of benzene rings is 1. The Morgan fingerprint density at radius 3 is 2.64 bits per heavy atom. The van der Waals surface area contributed by atoms with Gasteiger partial charge in [0.1, 0.15) is 17.0 Å². The second-order valence-electron chi connectivity index (χ2n) is 10.0. The maximum atomic E-state index is 13.8. The molecule has 174 valence electrons. The van der Waals surface area contributed by atoms with E-state index in [2.05, 4.69) is 24.4 Å². The van der Waals surface area contributed by atoms with E-state index in [1.165, 1.54) is 6.42 Å². The zero-order valence-electron chi connectivity index (χ0n) is 19.8. The van der Waals surface area contributed by atoms with Crippen LogP contribution in [-0.4, -0.2) is 39.4 Å². The first-order chi connectivity index (χ1) is 15.9. The van der Waals surface area contributed by atoms with Crippen molar-refractivity contribution < 1.29 is 14.0 Å². The van der Waals surface area contributed by atoms with Crippen LogP contribution in [0.5, 0.6) is 0 Å². The highest BCUT2D eigenvalue weighted by atomic mass is 16.3. The summed E-state index contributed by atoms with van der Waals surface area (Å²) in [6, 6.07) is 14.1. The summed E-state index contributed by atoms with van der Waals surface area (Å²) in [7, 11) is 0. The summed E-state index contributed by atoms with van der Waals surface area (Å²) < 4.78 is 7.78. The van der Waals surface area contributed by atoms with Crippen LogP contribution >= 0.6 is 0 Å². The molecular formula is C27H33N3O3. The van der Waals surface area contributed by atoms with Crippen LogP contribution in [0.25, 0.3) is 11.1 Å². The standard InChI is InChI=1S/C27H33N3O3/c1-18(20-10-6-4-7-11-20)16-30-25(31)23-15-24-22(14-19(2)33-24)29(23)17-27(30,3)26(32)28-21-12-8-5-9-13-21/h4,6-7,10-11,14-15,18,21H,5,8-9,12-13,16-17H2,1-3H3,(H,28,32)/t18-,27+/m0/s1. The number of fused-ring (bicyclic) bond motifs is 3. The molecule has 1 saturated carbocycles. The van der Waals surface area contributed by atoms with Crippen molar-refractivity contribution in [3.8, 4) is 0 Å². The number of nitrogens with one attached hydrogen (secondary N) is 1. The monoisotopic (exact) mass is 447 g/mol. The van der Waals surface area contributed by atoms with Gasteiger partial charge in [-0.1, -0.05) is 56.5 Å². The summed E-state index contributed by atoms with van der Waals surface area (Å²) in [5.41, 5.74) is 2.34. The van der Waals surface area contributed by atoms with Crippen molar-refractivity contribution >= 4 is 22.9 Å². The van der Waals surface area contributed by atoms with E-state index in [1.54, 1.807) is 4.90 Å². The first-order valence-electron chi connectivity index (χ1n) is 12.1. The number of aryl methyl sites for hydroxylation is 1. The third-order valence-corrected chi connectivity index (χ3v) is 7.49. The van der Waals surface area contributed by atoms with E-state index in [0.29, 0.717) is 24.4 Å². The van der Waals surface area contributed by atoms with Crippen LogP contribution < -0.4 is 5.32 Å². The molecule has 3 aromatic rings. The number of carbonyl (C=O) groups is 2. The molecule has 0 radical (unpaired) electrons. The molecule has 3 heterocycles. The number of rotatable bonds is 5. The maximum absolute atomic E-state index is 13.8. The lowest BCUT2D eigenvalue weighted by Gasteiger charge is -2.45. The van der Waals surface area contributed by atoms with Crippen LogP contribution in [-0.2, 0) is 11.3 Å². The minimum absolute atomic E-state index is 0.0595. The molecule has 0 saturated heterocycles. The summed E-state index contributed by atoms with van der Waals surface area (Å²) in [6.07, 6.45) is 5.54. The Hall–Kier alpha value is -3.02. The minimum Gasteiger partial charge on any atom is -0.460 e. The van der Waals surface area contributed by atoms with Crippen LogP contribution in [0.4, 0.5) is 0 Å². The zero-order chi connectivity index (χ0) is 23.2. The fourth-order valence-corrected chi connectivity index (χ4v) is 5.50. The van der Waals surface area contributed by atoms with Gasteiger partial charge in [0, 0.05) is 24.7 Å². The van der Waals surface area contributed by atoms with Gasteiger partial charge in [-0.25, -0.2) is 0 Å². The molecule has 2 amide bonds. The van der Waals surface area contributed by atoms with Gasteiger partial charge in [-0.15, -0.1) is 0 Å². The smallest absolute Gasteiger partial charge is 0.271 e. The minimum atomic E-state index is -0.984. The number of carbonyl (C=O) groups excluding carboxylic acids is 2. The lowest BCUT2D eigenvalue weighted by atomic mass is 9.89. The number of aromatic nitrogens is 1. The molecule has 2 aromatic heterocycles. The van der Waals surface area contributed by atoms with Gasteiger partial charge in [0.25, 0.3) is 5.91 Å². The van der Waals surface area contributed by atoms with E-state index < -0.39 is 5.54 Å². The molecule has 0 bridgehead atoms. The van der Waals surface area contributed by atoms with E-state index >= 15 is 0 Å². The largest absolute Gasteiger partial charge is 0.460 e. The lowest BCUT2D eigenvalue weighted by molar-refractivity contribution is -0.133. The topological polar surface area (TPSA) is 67.5 Å².